The van der Waals surface area contributed by atoms with Gasteiger partial charge in [0.25, 0.3) is 0 Å². The molecule has 9 heteroatoms. The lowest BCUT2D eigenvalue weighted by Gasteiger charge is -2.26. The first kappa shape index (κ1) is 55.5. The zero-order chi connectivity index (χ0) is 41.4. The quantitative estimate of drug-likeness (QED) is 0.0321. The number of carbonyl (C=O) groups excluding carboxylic acids is 1. The van der Waals surface area contributed by atoms with Gasteiger partial charge in [-0.1, -0.05) is 226 Å². The number of rotatable bonds is 45. The molecule has 0 spiro atoms. The van der Waals surface area contributed by atoms with E-state index in [2.05, 4.69) is 19.2 Å². The largest absolute Gasteiger partial charge is 0.472 e. The first-order chi connectivity index (χ1) is 27.0. The van der Waals surface area contributed by atoms with Crippen LogP contribution >= 0.6 is 7.82 Å². The predicted octanol–water partition coefficient (Wildman–Crippen LogP) is 13.8. The number of likely N-dealkylation sites (N-methyl/N-ethyl adjacent to an activating group) is 1. The summed E-state index contributed by atoms with van der Waals surface area (Å²) in [5.41, 5.74) is 0. The van der Waals surface area contributed by atoms with E-state index in [1.807, 2.05) is 21.1 Å². The van der Waals surface area contributed by atoms with Crippen molar-refractivity contribution in [2.75, 3.05) is 40.9 Å². The van der Waals surface area contributed by atoms with Gasteiger partial charge in [-0.3, -0.25) is 13.8 Å². The van der Waals surface area contributed by atoms with E-state index in [4.69, 9.17) is 9.05 Å². The van der Waals surface area contributed by atoms with Crippen LogP contribution in [0.1, 0.15) is 245 Å². The van der Waals surface area contributed by atoms with E-state index in [0.29, 0.717) is 23.9 Å². The Morgan fingerprint density at radius 2 is 0.857 bits per heavy atom. The summed E-state index contributed by atoms with van der Waals surface area (Å²) in [7, 11) is 1.63. The van der Waals surface area contributed by atoms with Crippen LogP contribution in [0.15, 0.2) is 0 Å². The summed E-state index contributed by atoms with van der Waals surface area (Å²) < 4.78 is 23.6. The second-order valence-electron chi connectivity index (χ2n) is 18.2. The van der Waals surface area contributed by atoms with E-state index < -0.39 is 20.0 Å². The number of unbranched alkanes of at least 4 members (excludes halogenated alkanes) is 32. The molecule has 3 atom stereocenters. The minimum atomic E-state index is -4.30. The van der Waals surface area contributed by atoms with Gasteiger partial charge in [-0.05, 0) is 12.8 Å². The summed E-state index contributed by atoms with van der Waals surface area (Å²) in [6.07, 6.45) is 44.3. The van der Waals surface area contributed by atoms with Gasteiger partial charge in [0.15, 0.2) is 0 Å². The van der Waals surface area contributed by atoms with Crippen molar-refractivity contribution in [2.24, 2.45) is 0 Å². The van der Waals surface area contributed by atoms with Crippen LogP contribution in [0.25, 0.3) is 0 Å². The minimum absolute atomic E-state index is 0.0784. The zero-order valence-corrected chi connectivity index (χ0v) is 39.0. The molecule has 0 aliphatic heterocycles. The van der Waals surface area contributed by atoms with Crippen molar-refractivity contribution >= 4 is 13.7 Å². The fourth-order valence-electron chi connectivity index (χ4n) is 7.46. The molecule has 8 nitrogen and oxygen atoms in total. The highest BCUT2D eigenvalue weighted by molar-refractivity contribution is 7.47. The number of hydrogen-bond donors (Lipinski definition) is 3. The summed E-state index contributed by atoms with van der Waals surface area (Å²) in [6, 6.07) is -0.752. The zero-order valence-electron chi connectivity index (χ0n) is 38.2. The smallest absolute Gasteiger partial charge is 0.391 e. The third-order valence-corrected chi connectivity index (χ3v) is 12.3. The number of quaternary nitrogens is 1. The van der Waals surface area contributed by atoms with Crippen molar-refractivity contribution in [3.63, 3.8) is 0 Å². The van der Waals surface area contributed by atoms with Crippen molar-refractivity contribution in [3.8, 4) is 0 Å². The highest BCUT2D eigenvalue weighted by atomic mass is 31.2. The molecule has 0 aromatic carbocycles. The lowest BCUT2D eigenvalue weighted by molar-refractivity contribution is -0.870. The van der Waals surface area contributed by atoms with Gasteiger partial charge in [-0.2, -0.15) is 0 Å². The fraction of sp³-hybridized carbons (Fsp3) is 0.979. The van der Waals surface area contributed by atoms with Crippen molar-refractivity contribution < 1.29 is 32.9 Å². The minimum Gasteiger partial charge on any atom is -0.391 e. The van der Waals surface area contributed by atoms with Crippen LogP contribution < -0.4 is 5.32 Å². The molecule has 1 amide bonds. The molecular formula is C47H98N2O6P+. The summed E-state index contributed by atoms with van der Waals surface area (Å²) in [5, 5.41) is 13.9. The molecule has 1 unspecified atom stereocenters. The van der Waals surface area contributed by atoms with Gasteiger partial charge in [-0.25, -0.2) is 4.57 Å². The molecule has 0 saturated heterocycles. The first-order valence-electron chi connectivity index (χ1n) is 24.4. The molecular weight excluding hydrogens is 719 g/mol. The number of aliphatic hydroxyl groups is 1. The monoisotopic (exact) mass is 818 g/mol. The van der Waals surface area contributed by atoms with Crippen LogP contribution in [0.5, 0.6) is 0 Å². The van der Waals surface area contributed by atoms with Gasteiger partial charge in [0.2, 0.25) is 5.91 Å². The summed E-state index contributed by atoms with van der Waals surface area (Å²) in [5.74, 6) is -0.141. The maximum absolute atomic E-state index is 12.9. The topological polar surface area (TPSA) is 105 Å². The van der Waals surface area contributed by atoms with Crippen molar-refractivity contribution in [2.45, 2.75) is 257 Å². The molecule has 336 valence electrons. The van der Waals surface area contributed by atoms with E-state index in [1.165, 1.54) is 180 Å². The van der Waals surface area contributed by atoms with Crippen LogP contribution in [-0.2, 0) is 18.4 Å². The number of phosphoric acid groups is 1. The van der Waals surface area contributed by atoms with Crippen LogP contribution in [0.3, 0.4) is 0 Å². The fourth-order valence-corrected chi connectivity index (χ4v) is 8.20. The van der Waals surface area contributed by atoms with E-state index >= 15 is 0 Å². The normalized spacial score (nSPS) is 14.2. The third-order valence-electron chi connectivity index (χ3n) is 11.4. The number of carbonyl (C=O) groups is 1. The molecule has 0 fully saturated rings. The molecule has 0 bridgehead atoms. The van der Waals surface area contributed by atoms with Crippen LogP contribution in [0.2, 0.25) is 0 Å². The SMILES string of the molecule is CCCCCCCCCCCCCCCCCCCCCCCCCCC(=O)N[C@@H](COP(=O)(O)OCC[N+](C)(C)C)[C@H](O)CCCCCCCCCCCC. The van der Waals surface area contributed by atoms with Gasteiger partial charge in [-0.15, -0.1) is 0 Å². The van der Waals surface area contributed by atoms with Crippen LogP contribution in [-0.4, -0.2) is 73.4 Å². The Hall–Kier alpha value is -0.500. The van der Waals surface area contributed by atoms with Gasteiger partial charge in [0.05, 0.1) is 39.9 Å². The molecule has 0 heterocycles. The molecule has 0 radical (unpaired) electrons. The van der Waals surface area contributed by atoms with Gasteiger partial charge in [0, 0.05) is 6.42 Å². The molecule has 0 aliphatic rings. The predicted molar refractivity (Wildman–Crippen MR) is 240 cm³/mol. The average molecular weight is 818 g/mol. The summed E-state index contributed by atoms with van der Waals surface area (Å²) in [4.78, 5) is 23.1. The maximum Gasteiger partial charge on any atom is 0.472 e. The summed E-state index contributed by atoms with van der Waals surface area (Å²) in [6.45, 7) is 4.90. The average Bonchev–Trinajstić information content (AvgIpc) is 3.15. The third kappa shape index (κ3) is 41.7. The number of nitrogens with zero attached hydrogens (tertiary/aromatic N) is 1. The highest BCUT2D eigenvalue weighted by Gasteiger charge is 2.28. The lowest BCUT2D eigenvalue weighted by atomic mass is 10.0. The molecule has 3 N–H and O–H groups in total. The Labute approximate surface area is 349 Å². The second kappa shape index (κ2) is 39.9. The molecule has 0 aromatic heterocycles. The maximum atomic E-state index is 12.9. The van der Waals surface area contributed by atoms with Crippen LogP contribution in [0, 0.1) is 0 Å². The molecule has 0 aliphatic carbocycles. The highest BCUT2D eigenvalue weighted by Crippen LogP contribution is 2.43. The van der Waals surface area contributed by atoms with E-state index in [-0.39, 0.29) is 19.1 Å². The molecule has 56 heavy (non-hydrogen) atoms. The number of hydrogen-bond acceptors (Lipinski definition) is 5. The molecule has 0 saturated carbocycles. The number of phosphoric ester groups is 1. The van der Waals surface area contributed by atoms with Gasteiger partial charge < -0.3 is 19.8 Å². The van der Waals surface area contributed by atoms with E-state index in [1.54, 1.807) is 0 Å². The Morgan fingerprint density at radius 1 is 0.536 bits per heavy atom. The number of amides is 1. The number of nitrogens with one attached hydrogen (secondary N) is 1. The lowest BCUT2D eigenvalue weighted by Crippen LogP contribution is -2.46. The summed E-state index contributed by atoms with van der Waals surface area (Å²) >= 11 is 0. The Bertz CT molecular complexity index is 885. The van der Waals surface area contributed by atoms with E-state index in [0.717, 1.165) is 38.5 Å². The molecule has 0 rings (SSSR count). The van der Waals surface area contributed by atoms with E-state index in [9.17, 15) is 19.4 Å². The van der Waals surface area contributed by atoms with Crippen LogP contribution in [0.4, 0.5) is 0 Å². The Kier molecular flexibility index (Phi) is 39.6. The van der Waals surface area contributed by atoms with Gasteiger partial charge in [0.1, 0.15) is 13.2 Å². The van der Waals surface area contributed by atoms with Crippen molar-refractivity contribution in [3.05, 3.63) is 0 Å². The van der Waals surface area contributed by atoms with Gasteiger partial charge >= 0.3 is 7.82 Å². The van der Waals surface area contributed by atoms with Crippen molar-refractivity contribution in [1.29, 1.82) is 0 Å². The second-order valence-corrected chi connectivity index (χ2v) is 19.7. The molecule has 0 aromatic rings. The Morgan fingerprint density at radius 3 is 1.20 bits per heavy atom. The standard InChI is InChI=1S/C47H97N2O6P/c1-6-8-10-12-14-16-18-19-20-21-22-23-24-25-26-27-28-29-30-31-33-35-37-39-41-47(51)48-45(44-55-56(52,53)54-43-42-49(3,4)5)46(50)40-38-36-34-32-17-15-13-11-9-7-2/h45-46,50H,6-44H2,1-5H3,(H-,48,51,52,53)/p+1/t45-,46+/m0/s1. The van der Waals surface area contributed by atoms with Crippen molar-refractivity contribution in [1.82, 2.24) is 5.32 Å². The number of aliphatic hydroxyl groups excluding tert-OH is 1. The first-order valence-corrected chi connectivity index (χ1v) is 25.9. The Balaban J connectivity index is 4.08.